The highest BCUT2D eigenvalue weighted by Crippen LogP contribution is 2.32. The SMILES string of the molecule is O=C(CCN1C(=O)/C(=C/c2ccc(Br)cc2)SC1=S)Nc1nccs1. The summed E-state index contributed by atoms with van der Waals surface area (Å²) in [6.45, 7) is 0.250. The molecule has 2 amide bonds. The standard InChI is InChI=1S/C16H12BrN3O2S3/c17-11-3-1-10(2-4-11)9-12-14(22)20(16(23)25-12)7-5-13(21)19-15-18-6-8-24-15/h1-4,6,8-9H,5,7H2,(H,18,19,21)/b12-9-. The third kappa shape index (κ3) is 4.75. The zero-order valence-electron chi connectivity index (χ0n) is 12.8. The third-order valence-corrected chi connectivity index (χ3v) is 5.88. The summed E-state index contributed by atoms with van der Waals surface area (Å²) >= 11 is 11.3. The number of thioether (sulfide) groups is 1. The lowest BCUT2D eigenvalue weighted by molar-refractivity contribution is -0.122. The van der Waals surface area contributed by atoms with Crippen LogP contribution >= 0.6 is 51.2 Å². The fourth-order valence-corrected chi connectivity index (χ4v) is 4.20. The Bertz CT molecular complexity index is 835. The van der Waals surface area contributed by atoms with Crippen LogP contribution in [0.4, 0.5) is 5.13 Å². The maximum atomic E-state index is 12.5. The van der Waals surface area contributed by atoms with Crippen molar-refractivity contribution in [1.82, 2.24) is 9.88 Å². The van der Waals surface area contributed by atoms with E-state index in [2.05, 4.69) is 26.2 Å². The molecule has 1 aliphatic heterocycles. The fraction of sp³-hybridized carbons (Fsp3) is 0.125. The number of aromatic nitrogens is 1. The second-order valence-corrected chi connectivity index (χ2v) is 8.51. The van der Waals surface area contributed by atoms with E-state index in [-0.39, 0.29) is 24.8 Å². The molecule has 9 heteroatoms. The van der Waals surface area contributed by atoms with Crippen LogP contribution in [0, 0.1) is 0 Å². The first-order chi connectivity index (χ1) is 12.0. The second kappa shape index (κ2) is 8.22. The lowest BCUT2D eigenvalue weighted by Gasteiger charge is -2.13. The Labute approximate surface area is 166 Å². The maximum absolute atomic E-state index is 12.5. The highest BCUT2D eigenvalue weighted by molar-refractivity contribution is 9.10. The molecule has 128 valence electrons. The molecule has 1 aliphatic rings. The number of thiocarbonyl (C=S) groups is 1. The summed E-state index contributed by atoms with van der Waals surface area (Å²) in [5, 5.41) is 5.02. The van der Waals surface area contributed by atoms with E-state index in [9.17, 15) is 9.59 Å². The Morgan fingerprint density at radius 3 is 2.80 bits per heavy atom. The number of thiazole rings is 1. The van der Waals surface area contributed by atoms with Crippen molar-refractivity contribution in [3.63, 3.8) is 0 Å². The quantitative estimate of drug-likeness (QED) is 0.544. The number of amides is 2. The summed E-state index contributed by atoms with van der Waals surface area (Å²) in [5.74, 6) is -0.360. The van der Waals surface area contributed by atoms with Gasteiger partial charge in [0.05, 0.1) is 4.91 Å². The topological polar surface area (TPSA) is 62.3 Å². The van der Waals surface area contributed by atoms with Gasteiger partial charge in [-0.25, -0.2) is 4.98 Å². The molecule has 1 saturated heterocycles. The Morgan fingerprint density at radius 2 is 2.12 bits per heavy atom. The van der Waals surface area contributed by atoms with Crippen LogP contribution in [0.15, 0.2) is 45.2 Å². The molecule has 0 bridgehead atoms. The van der Waals surface area contributed by atoms with Crippen LogP contribution in [0.3, 0.4) is 0 Å². The van der Waals surface area contributed by atoms with Crippen molar-refractivity contribution < 1.29 is 9.59 Å². The zero-order chi connectivity index (χ0) is 17.8. The number of nitrogens with zero attached hydrogens (tertiary/aromatic N) is 2. The number of anilines is 1. The van der Waals surface area contributed by atoms with Gasteiger partial charge in [-0.05, 0) is 23.8 Å². The van der Waals surface area contributed by atoms with E-state index >= 15 is 0 Å². The molecule has 25 heavy (non-hydrogen) atoms. The maximum Gasteiger partial charge on any atom is 0.266 e. The molecule has 2 heterocycles. The average Bonchev–Trinajstić information content (AvgIpc) is 3.17. The number of carbonyl (C=O) groups is 2. The van der Waals surface area contributed by atoms with Gasteiger partial charge >= 0.3 is 0 Å². The number of nitrogens with one attached hydrogen (secondary N) is 1. The van der Waals surface area contributed by atoms with Crippen molar-refractivity contribution in [2.75, 3.05) is 11.9 Å². The van der Waals surface area contributed by atoms with Gasteiger partial charge < -0.3 is 5.32 Å². The Balaban J connectivity index is 1.61. The van der Waals surface area contributed by atoms with E-state index in [1.54, 1.807) is 17.7 Å². The summed E-state index contributed by atoms with van der Waals surface area (Å²) in [5.41, 5.74) is 0.921. The summed E-state index contributed by atoms with van der Waals surface area (Å²) in [6, 6.07) is 7.65. The van der Waals surface area contributed by atoms with Crippen molar-refractivity contribution in [3.8, 4) is 0 Å². The number of carbonyl (C=O) groups excluding carboxylic acids is 2. The first-order valence-electron chi connectivity index (χ1n) is 7.23. The molecule has 1 aromatic carbocycles. The van der Waals surface area contributed by atoms with E-state index < -0.39 is 0 Å². The van der Waals surface area contributed by atoms with Crippen LogP contribution in [0.5, 0.6) is 0 Å². The number of rotatable bonds is 5. The van der Waals surface area contributed by atoms with Gasteiger partial charge in [-0.2, -0.15) is 0 Å². The van der Waals surface area contributed by atoms with E-state index in [0.29, 0.717) is 14.4 Å². The molecule has 0 atom stereocenters. The van der Waals surface area contributed by atoms with Crippen LogP contribution in [0.25, 0.3) is 6.08 Å². The molecule has 2 aromatic rings. The third-order valence-electron chi connectivity index (χ3n) is 3.28. The van der Waals surface area contributed by atoms with Crippen molar-refractivity contribution >= 4 is 78.6 Å². The molecule has 5 nitrogen and oxygen atoms in total. The van der Waals surface area contributed by atoms with Crippen LogP contribution < -0.4 is 5.32 Å². The number of halogens is 1. The van der Waals surface area contributed by atoms with E-state index in [0.717, 1.165) is 10.0 Å². The molecule has 0 unspecified atom stereocenters. The summed E-state index contributed by atoms with van der Waals surface area (Å²) < 4.78 is 1.44. The summed E-state index contributed by atoms with van der Waals surface area (Å²) in [6.07, 6.45) is 3.59. The monoisotopic (exact) mass is 453 g/mol. The van der Waals surface area contributed by atoms with E-state index in [4.69, 9.17) is 12.2 Å². The predicted molar refractivity (Wildman–Crippen MR) is 109 cm³/mol. The van der Waals surface area contributed by atoms with E-state index in [1.165, 1.54) is 28.0 Å². The molecule has 1 fully saturated rings. The first-order valence-corrected chi connectivity index (χ1v) is 10.1. The number of hydrogen-bond donors (Lipinski definition) is 1. The molecule has 3 rings (SSSR count). The van der Waals surface area contributed by atoms with Crippen molar-refractivity contribution in [2.45, 2.75) is 6.42 Å². The van der Waals surface area contributed by atoms with Gasteiger partial charge in [-0.3, -0.25) is 14.5 Å². The number of hydrogen-bond acceptors (Lipinski definition) is 6. The first kappa shape index (κ1) is 18.2. The van der Waals surface area contributed by atoms with Crippen molar-refractivity contribution in [3.05, 3.63) is 50.8 Å². The number of benzene rings is 1. The van der Waals surface area contributed by atoms with Crippen molar-refractivity contribution in [2.24, 2.45) is 0 Å². The highest BCUT2D eigenvalue weighted by atomic mass is 79.9. The lowest BCUT2D eigenvalue weighted by Crippen LogP contribution is -2.31. The molecular formula is C16H12BrN3O2S3. The smallest absolute Gasteiger partial charge is 0.266 e. The normalized spacial score (nSPS) is 15.9. The minimum absolute atomic E-state index is 0.164. The van der Waals surface area contributed by atoms with Gasteiger partial charge in [-0.15, -0.1) is 11.3 Å². The van der Waals surface area contributed by atoms with Crippen LogP contribution in [-0.4, -0.2) is 32.6 Å². The lowest BCUT2D eigenvalue weighted by atomic mass is 10.2. The minimum Gasteiger partial charge on any atom is -0.302 e. The second-order valence-electron chi connectivity index (χ2n) is 5.02. The molecule has 1 aromatic heterocycles. The Hall–Kier alpha value is -1.55. The highest BCUT2D eigenvalue weighted by Gasteiger charge is 2.32. The van der Waals surface area contributed by atoms with Gasteiger partial charge in [0, 0.05) is 29.0 Å². The van der Waals surface area contributed by atoms with Gasteiger partial charge in [0.15, 0.2) is 5.13 Å². The molecule has 0 aliphatic carbocycles. The molecule has 1 N–H and O–H groups in total. The van der Waals surface area contributed by atoms with E-state index in [1.807, 2.05) is 24.3 Å². The molecule has 0 spiro atoms. The molecule has 0 radical (unpaired) electrons. The average molecular weight is 454 g/mol. The Kier molecular flexibility index (Phi) is 6.00. The molecule has 0 saturated carbocycles. The summed E-state index contributed by atoms with van der Waals surface area (Å²) in [4.78, 5) is 30.5. The zero-order valence-corrected chi connectivity index (χ0v) is 16.8. The van der Waals surface area contributed by atoms with Gasteiger partial charge in [0.2, 0.25) is 5.91 Å². The van der Waals surface area contributed by atoms with Crippen LogP contribution in [0.2, 0.25) is 0 Å². The van der Waals surface area contributed by atoms with Gasteiger partial charge in [0.25, 0.3) is 5.91 Å². The predicted octanol–water partition coefficient (Wildman–Crippen LogP) is 4.14. The Morgan fingerprint density at radius 1 is 1.36 bits per heavy atom. The van der Waals surface area contributed by atoms with Crippen molar-refractivity contribution in [1.29, 1.82) is 0 Å². The largest absolute Gasteiger partial charge is 0.302 e. The molecular weight excluding hydrogens is 442 g/mol. The van der Waals surface area contributed by atoms with Crippen LogP contribution in [-0.2, 0) is 9.59 Å². The van der Waals surface area contributed by atoms with Gasteiger partial charge in [-0.1, -0.05) is 52.0 Å². The summed E-state index contributed by atoms with van der Waals surface area (Å²) in [7, 11) is 0. The minimum atomic E-state index is -0.194. The fourth-order valence-electron chi connectivity index (χ4n) is 2.08. The van der Waals surface area contributed by atoms with Gasteiger partial charge in [0.1, 0.15) is 4.32 Å². The van der Waals surface area contributed by atoms with Crippen LogP contribution in [0.1, 0.15) is 12.0 Å².